The van der Waals surface area contributed by atoms with Crippen LogP contribution in [-0.2, 0) is 18.8 Å². The molecule has 7 heteroatoms. The second-order valence-electron chi connectivity index (χ2n) is 4.24. The van der Waals surface area contributed by atoms with Crippen molar-refractivity contribution in [3.05, 3.63) is 36.0 Å². The first kappa shape index (κ1) is 13.9. The molecular formula is C13H16N4O3. The Morgan fingerprint density at radius 2 is 2.10 bits per heavy atom. The molecule has 20 heavy (non-hydrogen) atoms. The number of hydrogen-bond acceptors (Lipinski definition) is 4. The first-order valence-corrected chi connectivity index (χ1v) is 6.16. The fourth-order valence-electron chi connectivity index (χ4n) is 1.79. The SMILES string of the molecule is CCOC(=O)c1nc(NC(=O)c2cccn2C)cn1C. The number of aryl methyl sites for hydroxylation is 2. The molecule has 0 spiro atoms. The van der Waals surface area contributed by atoms with E-state index in [9.17, 15) is 9.59 Å². The minimum Gasteiger partial charge on any atom is -0.460 e. The lowest BCUT2D eigenvalue weighted by molar-refractivity contribution is 0.0508. The van der Waals surface area contributed by atoms with E-state index in [1.165, 1.54) is 4.57 Å². The Morgan fingerprint density at radius 1 is 1.35 bits per heavy atom. The van der Waals surface area contributed by atoms with Crippen LogP contribution in [0.3, 0.4) is 0 Å². The molecule has 0 radical (unpaired) electrons. The maximum atomic E-state index is 12.0. The van der Waals surface area contributed by atoms with Crippen molar-refractivity contribution in [2.45, 2.75) is 6.92 Å². The number of amides is 1. The Labute approximate surface area is 116 Å². The largest absolute Gasteiger partial charge is 0.460 e. The zero-order valence-corrected chi connectivity index (χ0v) is 11.6. The average Bonchev–Trinajstić information content (AvgIpc) is 2.96. The number of carbonyl (C=O) groups is 2. The third kappa shape index (κ3) is 2.71. The zero-order valence-electron chi connectivity index (χ0n) is 11.6. The molecule has 2 aromatic heterocycles. The van der Waals surface area contributed by atoms with Gasteiger partial charge < -0.3 is 19.2 Å². The van der Waals surface area contributed by atoms with Crippen LogP contribution in [0, 0.1) is 0 Å². The van der Waals surface area contributed by atoms with Gasteiger partial charge in [0, 0.05) is 26.5 Å². The number of carbonyl (C=O) groups excluding carboxylic acids is 2. The van der Waals surface area contributed by atoms with Crippen LogP contribution in [0.2, 0.25) is 0 Å². The number of rotatable bonds is 4. The summed E-state index contributed by atoms with van der Waals surface area (Å²) >= 11 is 0. The molecule has 0 aliphatic rings. The summed E-state index contributed by atoms with van der Waals surface area (Å²) in [6.45, 7) is 2.00. The normalized spacial score (nSPS) is 10.3. The van der Waals surface area contributed by atoms with Crippen LogP contribution >= 0.6 is 0 Å². The van der Waals surface area contributed by atoms with E-state index in [-0.39, 0.29) is 18.3 Å². The smallest absolute Gasteiger partial charge is 0.374 e. The number of nitrogens with zero attached hydrogens (tertiary/aromatic N) is 3. The van der Waals surface area contributed by atoms with Crippen LogP contribution in [0.25, 0.3) is 0 Å². The molecule has 1 amide bonds. The Kier molecular flexibility index (Phi) is 3.88. The summed E-state index contributed by atoms with van der Waals surface area (Å²) in [4.78, 5) is 27.7. The number of hydrogen-bond donors (Lipinski definition) is 1. The summed E-state index contributed by atoms with van der Waals surface area (Å²) in [5.41, 5.74) is 0.508. The van der Waals surface area contributed by atoms with E-state index in [4.69, 9.17) is 4.74 Å². The lowest BCUT2D eigenvalue weighted by atomic mass is 10.4. The standard InChI is InChI=1S/C13H16N4O3/c1-4-20-13(19)11-14-10(8-17(11)3)15-12(18)9-6-5-7-16(9)2/h5-8H,4H2,1-3H3,(H,15,18). The first-order valence-electron chi connectivity index (χ1n) is 6.16. The number of aromatic nitrogens is 3. The van der Waals surface area contributed by atoms with Crippen molar-refractivity contribution in [2.24, 2.45) is 14.1 Å². The van der Waals surface area contributed by atoms with E-state index in [1.54, 1.807) is 50.1 Å². The molecule has 2 heterocycles. The van der Waals surface area contributed by atoms with Crippen LogP contribution in [0.4, 0.5) is 5.82 Å². The minimum absolute atomic E-state index is 0.147. The van der Waals surface area contributed by atoms with Gasteiger partial charge in [-0.1, -0.05) is 0 Å². The van der Waals surface area contributed by atoms with Crippen LogP contribution in [0.5, 0.6) is 0 Å². The van der Waals surface area contributed by atoms with Gasteiger partial charge in [-0.2, -0.15) is 0 Å². The van der Waals surface area contributed by atoms with Gasteiger partial charge in [0.15, 0.2) is 5.82 Å². The molecule has 2 aromatic rings. The molecule has 0 aromatic carbocycles. The van der Waals surface area contributed by atoms with Gasteiger partial charge in [0.25, 0.3) is 5.91 Å². The van der Waals surface area contributed by atoms with Gasteiger partial charge in [-0.3, -0.25) is 4.79 Å². The molecule has 1 N–H and O–H groups in total. The van der Waals surface area contributed by atoms with Gasteiger partial charge in [0.05, 0.1) is 6.61 Å². The van der Waals surface area contributed by atoms with Gasteiger partial charge in [-0.15, -0.1) is 0 Å². The molecule has 0 saturated carbocycles. The van der Waals surface area contributed by atoms with Gasteiger partial charge in [0.2, 0.25) is 5.82 Å². The highest BCUT2D eigenvalue weighted by Gasteiger charge is 2.17. The Hall–Kier alpha value is -2.57. The van der Waals surface area contributed by atoms with Gasteiger partial charge in [0.1, 0.15) is 5.69 Å². The van der Waals surface area contributed by atoms with Gasteiger partial charge in [-0.05, 0) is 19.1 Å². The predicted octanol–water partition coefficient (Wildman–Crippen LogP) is 1.19. The zero-order chi connectivity index (χ0) is 14.7. The molecule has 0 aliphatic carbocycles. The molecule has 0 aliphatic heterocycles. The molecule has 106 valence electrons. The van der Waals surface area contributed by atoms with Crippen LogP contribution < -0.4 is 5.32 Å². The van der Waals surface area contributed by atoms with Crippen molar-refractivity contribution >= 4 is 17.7 Å². The van der Waals surface area contributed by atoms with Crippen molar-refractivity contribution < 1.29 is 14.3 Å². The third-order valence-electron chi connectivity index (χ3n) is 2.75. The summed E-state index contributed by atoms with van der Waals surface area (Å²) in [5, 5.41) is 2.64. The Balaban J connectivity index is 2.15. The molecule has 0 unspecified atom stereocenters. The Morgan fingerprint density at radius 3 is 2.70 bits per heavy atom. The maximum Gasteiger partial charge on any atom is 0.374 e. The number of nitrogens with one attached hydrogen (secondary N) is 1. The summed E-state index contributed by atoms with van der Waals surface area (Å²) in [7, 11) is 3.44. The molecule has 0 bridgehead atoms. The molecule has 7 nitrogen and oxygen atoms in total. The minimum atomic E-state index is -0.519. The topological polar surface area (TPSA) is 78.2 Å². The van der Waals surface area contributed by atoms with E-state index in [1.807, 2.05) is 0 Å². The van der Waals surface area contributed by atoms with Crippen molar-refractivity contribution in [1.29, 1.82) is 0 Å². The van der Waals surface area contributed by atoms with E-state index in [0.717, 1.165) is 0 Å². The van der Waals surface area contributed by atoms with Crippen LogP contribution in [0.1, 0.15) is 28.0 Å². The second kappa shape index (κ2) is 5.60. The average molecular weight is 276 g/mol. The Bertz CT molecular complexity index is 642. The highest BCUT2D eigenvalue weighted by molar-refractivity contribution is 6.02. The number of ether oxygens (including phenoxy) is 1. The van der Waals surface area contributed by atoms with E-state index in [2.05, 4.69) is 10.3 Å². The molecule has 0 fully saturated rings. The predicted molar refractivity (Wildman–Crippen MR) is 72.5 cm³/mol. The summed E-state index contributed by atoms with van der Waals surface area (Å²) < 4.78 is 8.09. The van der Waals surface area contributed by atoms with Gasteiger partial charge >= 0.3 is 5.97 Å². The van der Waals surface area contributed by atoms with Crippen molar-refractivity contribution in [1.82, 2.24) is 14.1 Å². The van der Waals surface area contributed by atoms with E-state index < -0.39 is 5.97 Å². The van der Waals surface area contributed by atoms with Crippen molar-refractivity contribution in [2.75, 3.05) is 11.9 Å². The first-order chi connectivity index (χ1) is 9.52. The van der Waals surface area contributed by atoms with Gasteiger partial charge in [-0.25, -0.2) is 9.78 Å². The lowest BCUT2D eigenvalue weighted by Gasteiger charge is -2.02. The fraction of sp³-hybridized carbons (Fsp3) is 0.308. The fourth-order valence-corrected chi connectivity index (χ4v) is 1.79. The van der Waals surface area contributed by atoms with Crippen molar-refractivity contribution in [3.8, 4) is 0 Å². The number of anilines is 1. The highest BCUT2D eigenvalue weighted by atomic mass is 16.5. The summed E-state index contributed by atoms with van der Waals surface area (Å²) in [5.74, 6) is -0.351. The number of esters is 1. The highest BCUT2D eigenvalue weighted by Crippen LogP contribution is 2.10. The summed E-state index contributed by atoms with van der Waals surface area (Å²) in [6, 6.07) is 3.47. The van der Waals surface area contributed by atoms with Crippen LogP contribution in [-0.4, -0.2) is 32.6 Å². The van der Waals surface area contributed by atoms with E-state index in [0.29, 0.717) is 11.5 Å². The summed E-state index contributed by atoms with van der Waals surface area (Å²) in [6.07, 6.45) is 3.34. The molecule has 0 atom stereocenters. The molecule has 0 saturated heterocycles. The van der Waals surface area contributed by atoms with E-state index >= 15 is 0 Å². The van der Waals surface area contributed by atoms with Crippen LogP contribution in [0.15, 0.2) is 24.5 Å². The molecular weight excluding hydrogens is 260 g/mol. The third-order valence-corrected chi connectivity index (χ3v) is 2.75. The number of imidazole rings is 1. The quantitative estimate of drug-likeness (QED) is 0.851. The maximum absolute atomic E-state index is 12.0. The monoisotopic (exact) mass is 276 g/mol. The molecule has 2 rings (SSSR count). The lowest BCUT2D eigenvalue weighted by Crippen LogP contribution is -2.15. The second-order valence-corrected chi connectivity index (χ2v) is 4.24. The van der Waals surface area contributed by atoms with Crippen molar-refractivity contribution in [3.63, 3.8) is 0 Å².